The van der Waals surface area contributed by atoms with Crippen molar-refractivity contribution in [3.05, 3.63) is 84.4 Å². The molecule has 3 aromatic carbocycles. The van der Waals surface area contributed by atoms with Crippen molar-refractivity contribution < 1.29 is 4.74 Å². The van der Waals surface area contributed by atoms with Crippen LogP contribution in [0.25, 0.3) is 11.1 Å². The van der Waals surface area contributed by atoms with Crippen LogP contribution in [0, 0.1) is 0 Å². The van der Waals surface area contributed by atoms with Crippen LogP contribution < -0.4 is 9.64 Å². The Morgan fingerprint density at radius 1 is 0.704 bits per heavy atom. The largest absolute Gasteiger partial charge is 0.497 e. The number of hydrogen-bond acceptors (Lipinski definition) is 3. The molecule has 1 aliphatic rings. The second kappa shape index (κ2) is 8.28. The molecule has 0 amide bonds. The summed E-state index contributed by atoms with van der Waals surface area (Å²) in [6.45, 7) is 5.33. The molecule has 1 fully saturated rings. The maximum absolute atomic E-state index is 5.25. The van der Waals surface area contributed by atoms with Gasteiger partial charge in [-0.3, -0.25) is 4.90 Å². The van der Waals surface area contributed by atoms with Crippen LogP contribution in [-0.4, -0.2) is 38.2 Å². The van der Waals surface area contributed by atoms with Crippen molar-refractivity contribution in [1.82, 2.24) is 4.90 Å². The maximum Gasteiger partial charge on any atom is 0.119 e. The van der Waals surface area contributed by atoms with Crippen molar-refractivity contribution in [3.63, 3.8) is 0 Å². The van der Waals surface area contributed by atoms with Crippen molar-refractivity contribution in [3.8, 4) is 16.9 Å². The van der Waals surface area contributed by atoms with E-state index in [1.165, 1.54) is 22.4 Å². The van der Waals surface area contributed by atoms with Crippen LogP contribution in [-0.2, 0) is 6.54 Å². The topological polar surface area (TPSA) is 15.7 Å². The Balaban J connectivity index is 1.32. The number of hydrogen-bond donors (Lipinski definition) is 0. The second-order valence-electron chi connectivity index (χ2n) is 7.02. The van der Waals surface area contributed by atoms with E-state index >= 15 is 0 Å². The fourth-order valence-electron chi connectivity index (χ4n) is 3.65. The van der Waals surface area contributed by atoms with Gasteiger partial charge in [-0.1, -0.05) is 54.6 Å². The third-order valence-electron chi connectivity index (χ3n) is 5.28. The lowest BCUT2D eigenvalue weighted by atomic mass is 10.0. The molecule has 27 heavy (non-hydrogen) atoms. The average Bonchev–Trinajstić information content (AvgIpc) is 2.76. The van der Waals surface area contributed by atoms with E-state index in [2.05, 4.69) is 76.5 Å². The van der Waals surface area contributed by atoms with Gasteiger partial charge in [-0.2, -0.15) is 0 Å². The summed E-state index contributed by atoms with van der Waals surface area (Å²) in [4.78, 5) is 4.99. The molecule has 0 spiro atoms. The molecule has 3 heteroatoms. The maximum atomic E-state index is 5.25. The number of piperazine rings is 1. The molecule has 1 saturated heterocycles. The fraction of sp³-hybridized carbons (Fsp3) is 0.250. The lowest BCUT2D eigenvalue weighted by Gasteiger charge is -2.36. The minimum absolute atomic E-state index is 0.913. The van der Waals surface area contributed by atoms with Crippen LogP contribution in [0.15, 0.2) is 78.9 Å². The summed E-state index contributed by atoms with van der Waals surface area (Å²) in [6.07, 6.45) is 0. The normalized spacial score (nSPS) is 14.9. The van der Waals surface area contributed by atoms with E-state index in [-0.39, 0.29) is 0 Å². The van der Waals surface area contributed by atoms with E-state index in [1.54, 1.807) is 7.11 Å². The van der Waals surface area contributed by atoms with Gasteiger partial charge in [0.05, 0.1) is 7.11 Å². The minimum Gasteiger partial charge on any atom is -0.497 e. The van der Waals surface area contributed by atoms with Crippen LogP contribution in [0.3, 0.4) is 0 Å². The zero-order valence-electron chi connectivity index (χ0n) is 15.8. The van der Waals surface area contributed by atoms with Crippen molar-refractivity contribution in [1.29, 1.82) is 0 Å². The Kier molecular flexibility index (Phi) is 5.40. The summed E-state index contributed by atoms with van der Waals surface area (Å²) >= 11 is 0. The summed E-state index contributed by atoms with van der Waals surface area (Å²) in [5, 5.41) is 0. The van der Waals surface area contributed by atoms with Crippen LogP contribution in [0.5, 0.6) is 5.75 Å². The minimum atomic E-state index is 0.913. The molecule has 0 unspecified atom stereocenters. The van der Waals surface area contributed by atoms with E-state index in [0.717, 1.165) is 38.5 Å². The number of anilines is 1. The highest BCUT2D eigenvalue weighted by Crippen LogP contribution is 2.22. The lowest BCUT2D eigenvalue weighted by molar-refractivity contribution is 0.250. The number of ether oxygens (including phenoxy) is 1. The molecule has 0 aromatic heterocycles. The quantitative estimate of drug-likeness (QED) is 0.658. The summed E-state index contributed by atoms with van der Waals surface area (Å²) in [7, 11) is 1.71. The summed E-state index contributed by atoms with van der Waals surface area (Å²) in [5.41, 5.74) is 5.22. The average molecular weight is 358 g/mol. The molecule has 0 N–H and O–H groups in total. The van der Waals surface area contributed by atoms with Gasteiger partial charge < -0.3 is 9.64 Å². The Labute approximate surface area is 161 Å². The zero-order chi connectivity index (χ0) is 18.5. The van der Waals surface area contributed by atoms with Gasteiger partial charge in [-0.25, -0.2) is 0 Å². The molecular weight excluding hydrogens is 332 g/mol. The Bertz CT molecular complexity index is 836. The van der Waals surface area contributed by atoms with Gasteiger partial charge in [0.15, 0.2) is 0 Å². The number of nitrogens with zero attached hydrogens (tertiary/aromatic N) is 2. The molecule has 138 valence electrons. The number of benzene rings is 3. The van der Waals surface area contributed by atoms with Gasteiger partial charge in [0.2, 0.25) is 0 Å². The van der Waals surface area contributed by atoms with Crippen LogP contribution in [0.1, 0.15) is 5.56 Å². The summed E-state index contributed by atoms with van der Waals surface area (Å²) in [5.74, 6) is 0.913. The number of rotatable bonds is 5. The van der Waals surface area contributed by atoms with Gasteiger partial charge in [0.25, 0.3) is 0 Å². The molecule has 4 rings (SSSR count). The Morgan fingerprint density at radius 3 is 1.96 bits per heavy atom. The second-order valence-corrected chi connectivity index (χ2v) is 7.02. The molecule has 0 radical (unpaired) electrons. The first-order valence-electron chi connectivity index (χ1n) is 9.57. The molecule has 0 atom stereocenters. The van der Waals surface area contributed by atoms with Gasteiger partial charge >= 0.3 is 0 Å². The van der Waals surface area contributed by atoms with Gasteiger partial charge in [0, 0.05) is 38.4 Å². The molecule has 0 aliphatic carbocycles. The lowest BCUT2D eigenvalue weighted by Crippen LogP contribution is -2.45. The standard InChI is InChI=1S/C24H26N2O/c1-27-24-13-11-23(12-14-24)26-17-15-25(16-18-26)19-20-7-9-22(10-8-20)21-5-3-2-4-6-21/h2-14H,15-19H2,1H3. The fourth-order valence-corrected chi connectivity index (χ4v) is 3.65. The van der Waals surface area contributed by atoms with Crippen LogP contribution >= 0.6 is 0 Å². The van der Waals surface area contributed by atoms with Crippen molar-refractivity contribution in [2.24, 2.45) is 0 Å². The highest BCUT2D eigenvalue weighted by atomic mass is 16.5. The third kappa shape index (κ3) is 4.32. The van der Waals surface area contributed by atoms with E-state index in [1.807, 2.05) is 12.1 Å². The highest BCUT2D eigenvalue weighted by Gasteiger charge is 2.17. The Morgan fingerprint density at radius 2 is 1.33 bits per heavy atom. The number of methoxy groups -OCH3 is 1. The summed E-state index contributed by atoms with van der Waals surface area (Å²) < 4.78 is 5.25. The molecule has 3 nitrogen and oxygen atoms in total. The zero-order valence-corrected chi connectivity index (χ0v) is 15.8. The van der Waals surface area contributed by atoms with Crippen molar-refractivity contribution in [2.75, 3.05) is 38.2 Å². The monoisotopic (exact) mass is 358 g/mol. The first-order valence-corrected chi connectivity index (χ1v) is 9.57. The molecule has 0 bridgehead atoms. The van der Waals surface area contributed by atoms with Crippen molar-refractivity contribution in [2.45, 2.75) is 6.54 Å². The SMILES string of the molecule is COc1ccc(N2CCN(Cc3ccc(-c4ccccc4)cc3)CC2)cc1. The van der Waals surface area contributed by atoms with Crippen LogP contribution in [0.2, 0.25) is 0 Å². The first kappa shape index (κ1) is 17.6. The Hall–Kier alpha value is -2.78. The molecule has 3 aromatic rings. The molecule has 1 aliphatic heterocycles. The predicted molar refractivity (Wildman–Crippen MR) is 112 cm³/mol. The van der Waals surface area contributed by atoms with Gasteiger partial charge in [-0.15, -0.1) is 0 Å². The highest BCUT2D eigenvalue weighted by molar-refractivity contribution is 5.63. The molecule has 1 heterocycles. The van der Waals surface area contributed by atoms with Crippen molar-refractivity contribution >= 4 is 5.69 Å². The van der Waals surface area contributed by atoms with E-state index < -0.39 is 0 Å². The molecule has 0 saturated carbocycles. The first-order chi connectivity index (χ1) is 13.3. The van der Waals surface area contributed by atoms with E-state index in [4.69, 9.17) is 4.74 Å². The smallest absolute Gasteiger partial charge is 0.119 e. The van der Waals surface area contributed by atoms with Gasteiger partial charge in [-0.05, 0) is 41.0 Å². The van der Waals surface area contributed by atoms with E-state index in [9.17, 15) is 0 Å². The predicted octanol–water partition coefficient (Wildman–Crippen LogP) is 4.68. The van der Waals surface area contributed by atoms with Gasteiger partial charge in [0.1, 0.15) is 5.75 Å². The third-order valence-corrected chi connectivity index (χ3v) is 5.28. The molecular formula is C24H26N2O. The van der Waals surface area contributed by atoms with E-state index in [0.29, 0.717) is 0 Å². The van der Waals surface area contributed by atoms with Crippen LogP contribution in [0.4, 0.5) is 5.69 Å². The summed E-state index contributed by atoms with van der Waals surface area (Å²) in [6, 6.07) is 27.9.